The maximum absolute atomic E-state index is 13.8. The molecule has 27 heavy (non-hydrogen) atoms. The number of piperidine rings is 1. The number of likely N-dealkylation sites (tertiary alicyclic amines) is 1. The highest BCUT2D eigenvalue weighted by Crippen LogP contribution is 2.23. The SMILES string of the molecule is Cl.Cl.Fc1ccccc1CC1CCN(CCCNc2cccc(Cl)c2)CC1. The molecule has 0 aliphatic carbocycles. The first kappa shape index (κ1) is 24.0. The highest BCUT2D eigenvalue weighted by atomic mass is 35.5. The summed E-state index contributed by atoms with van der Waals surface area (Å²) in [6.45, 7) is 4.31. The van der Waals surface area contributed by atoms with Crippen LogP contribution in [0.25, 0.3) is 0 Å². The highest BCUT2D eigenvalue weighted by molar-refractivity contribution is 6.30. The minimum atomic E-state index is -0.0583. The van der Waals surface area contributed by atoms with Gasteiger partial charge in [0.05, 0.1) is 0 Å². The average molecular weight is 434 g/mol. The molecule has 6 heteroatoms. The number of anilines is 1. The molecule has 3 rings (SSSR count). The Labute approximate surface area is 179 Å². The number of rotatable bonds is 7. The zero-order chi connectivity index (χ0) is 17.5. The third-order valence-corrected chi connectivity index (χ3v) is 5.21. The van der Waals surface area contributed by atoms with Crippen molar-refractivity contribution in [1.82, 2.24) is 4.90 Å². The fraction of sp³-hybridized carbons (Fsp3) is 0.429. The van der Waals surface area contributed by atoms with Gasteiger partial charge in [-0.1, -0.05) is 35.9 Å². The van der Waals surface area contributed by atoms with Crippen molar-refractivity contribution in [3.63, 3.8) is 0 Å². The lowest BCUT2D eigenvalue weighted by atomic mass is 9.90. The van der Waals surface area contributed by atoms with Gasteiger partial charge in [0.25, 0.3) is 0 Å². The third kappa shape index (κ3) is 7.87. The molecule has 1 aliphatic heterocycles. The summed E-state index contributed by atoms with van der Waals surface area (Å²) in [7, 11) is 0. The molecule has 0 atom stereocenters. The van der Waals surface area contributed by atoms with Crippen molar-refractivity contribution in [3.05, 3.63) is 64.9 Å². The van der Waals surface area contributed by atoms with E-state index >= 15 is 0 Å². The minimum Gasteiger partial charge on any atom is -0.385 e. The summed E-state index contributed by atoms with van der Waals surface area (Å²) in [6.07, 6.45) is 4.31. The Balaban J connectivity index is 0.00000182. The standard InChI is InChI=1S/C21H26ClFN2.2ClH/c22-19-6-3-7-20(16-19)24-11-4-12-25-13-9-17(10-14-25)15-18-5-1-2-8-21(18)23;;/h1-3,5-8,16-17,24H,4,9-15H2;2*1H. The van der Waals surface area contributed by atoms with Crippen LogP contribution < -0.4 is 5.32 Å². The second kappa shape index (κ2) is 12.5. The minimum absolute atomic E-state index is 0. The number of halogens is 4. The molecule has 0 aromatic heterocycles. The zero-order valence-corrected chi connectivity index (χ0v) is 17.8. The van der Waals surface area contributed by atoms with E-state index in [-0.39, 0.29) is 30.6 Å². The number of nitrogens with zero attached hydrogens (tertiary/aromatic N) is 1. The van der Waals surface area contributed by atoms with E-state index < -0.39 is 0 Å². The van der Waals surface area contributed by atoms with E-state index in [9.17, 15) is 4.39 Å². The summed E-state index contributed by atoms with van der Waals surface area (Å²) in [4.78, 5) is 2.53. The van der Waals surface area contributed by atoms with Crippen LogP contribution in [0.1, 0.15) is 24.8 Å². The second-order valence-electron chi connectivity index (χ2n) is 6.87. The quantitative estimate of drug-likeness (QED) is 0.532. The molecule has 1 heterocycles. The molecule has 0 bridgehead atoms. The molecule has 150 valence electrons. The Morgan fingerprint density at radius 1 is 1.04 bits per heavy atom. The predicted octanol–water partition coefficient (Wildman–Crippen LogP) is 6.08. The molecule has 0 saturated carbocycles. The van der Waals surface area contributed by atoms with E-state index in [4.69, 9.17) is 11.6 Å². The van der Waals surface area contributed by atoms with E-state index in [0.29, 0.717) is 5.92 Å². The molecule has 0 unspecified atom stereocenters. The molecule has 1 N–H and O–H groups in total. The molecular weight excluding hydrogens is 406 g/mol. The molecule has 0 radical (unpaired) electrons. The lowest BCUT2D eigenvalue weighted by molar-refractivity contribution is 0.183. The lowest BCUT2D eigenvalue weighted by Gasteiger charge is -2.32. The van der Waals surface area contributed by atoms with Crippen molar-refractivity contribution < 1.29 is 4.39 Å². The highest BCUT2D eigenvalue weighted by Gasteiger charge is 2.20. The van der Waals surface area contributed by atoms with Crippen LogP contribution >= 0.6 is 36.4 Å². The van der Waals surface area contributed by atoms with Crippen LogP contribution in [0.4, 0.5) is 10.1 Å². The van der Waals surface area contributed by atoms with Crippen LogP contribution in [-0.2, 0) is 6.42 Å². The maximum atomic E-state index is 13.8. The summed E-state index contributed by atoms with van der Waals surface area (Å²) in [5, 5.41) is 4.19. The van der Waals surface area contributed by atoms with Crippen molar-refractivity contribution in [2.45, 2.75) is 25.7 Å². The van der Waals surface area contributed by atoms with E-state index in [0.717, 1.165) is 68.1 Å². The van der Waals surface area contributed by atoms with Crippen molar-refractivity contribution in [2.24, 2.45) is 5.92 Å². The monoisotopic (exact) mass is 432 g/mol. The van der Waals surface area contributed by atoms with Crippen LogP contribution in [0.5, 0.6) is 0 Å². The summed E-state index contributed by atoms with van der Waals surface area (Å²) in [5.74, 6) is 0.551. The first-order valence-corrected chi connectivity index (χ1v) is 9.54. The van der Waals surface area contributed by atoms with Gasteiger partial charge in [0.2, 0.25) is 0 Å². The number of nitrogens with one attached hydrogen (secondary N) is 1. The van der Waals surface area contributed by atoms with Crippen LogP contribution in [-0.4, -0.2) is 31.1 Å². The largest absolute Gasteiger partial charge is 0.385 e. The van der Waals surface area contributed by atoms with Crippen LogP contribution in [0.2, 0.25) is 5.02 Å². The van der Waals surface area contributed by atoms with Crippen LogP contribution in [0.15, 0.2) is 48.5 Å². The van der Waals surface area contributed by atoms with Crippen molar-refractivity contribution >= 4 is 42.1 Å². The van der Waals surface area contributed by atoms with Gasteiger partial charge in [-0.05, 0) is 81.1 Å². The molecule has 2 aromatic carbocycles. The Hall–Kier alpha value is -1.00. The van der Waals surface area contributed by atoms with Gasteiger partial charge in [0.15, 0.2) is 0 Å². The molecule has 1 fully saturated rings. The number of benzene rings is 2. The first-order chi connectivity index (χ1) is 12.2. The fourth-order valence-corrected chi connectivity index (χ4v) is 3.71. The fourth-order valence-electron chi connectivity index (χ4n) is 3.52. The van der Waals surface area contributed by atoms with E-state index in [1.54, 1.807) is 12.1 Å². The Morgan fingerprint density at radius 2 is 1.78 bits per heavy atom. The van der Waals surface area contributed by atoms with Gasteiger partial charge in [-0.25, -0.2) is 4.39 Å². The number of hydrogen-bond donors (Lipinski definition) is 1. The van der Waals surface area contributed by atoms with Gasteiger partial charge in [0.1, 0.15) is 5.82 Å². The summed E-state index contributed by atoms with van der Waals surface area (Å²) in [5.41, 5.74) is 1.95. The molecular formula is C21H28Cl3FN2. The van der Waals surface area contributed by atoms with Crippen molar-refractivity contribution in [1.29, 1.82) is 0 Å². The maximum Gasteiger partial charge on any atom is 0.126 e. The predicted molar refractivity (Wildman–Crippen MR) is 118 cm³/mol. The van der Waals surface area contributed by atoms with Gasteiger partial charge < -0.3 is 10.2 Å². The topological polar surface area (TPSA) is 15.3 Å². The molecule has 1 saturated heterocycles. The van der Waals surface area contributed by atoms with Crippen LogP contribution in [0.3, 0.4) is 0 Å². The molecule has 0 amide bonds. The molecule has 2 nitrogen and oxygen atoms in total. The van der Waals surface area contributed by atoms with Gasteiger partial charge in [0, 0.05) is 17.3 Å². The summed E-state index contributed by atoms with van der Waals surface area (Å²) >= 11 is 5.99. The smallest absolute Gasteiger partial charge is 0.126 e. The van der Waals surface area contributed by atoms with Crippen molar-refractivity contribution in [3.8, 4) is 0 Å². The average Bonchev–Trinajstić information content (AvgIpc) is 2.62. The third-order valence-electron chi connectivity index (χ3n) is 4.98. The molecule has 1 aliphatic rings. The van der Waals surface area contributed by atoms with E-state index in [1.807, 2.05) is 36.4 Å². The second-order valence-corrected chi connectivity index (χ2v) is 7.31. The van der Waals surface area contributed by atoms with Gasteiger partial charge in [-0.2, -0.15) is 0 Å². The lowest BCUT2D eigenvalue weighted by Crippen LogP contribution is -2.35. The van der Waals surface area contributed by atoms with E-state index in [2.05, 4.69) is 10.2 Å². The van der Waals surface area contributed by atoms with E-state index in [1.165, 1.54) is 0 Å². The normalized spacial score (nSPS) is 14.9. The molecule has 2 aromatic rings. The summed E-state index contributed by atoms with van der Waals surface area (Å²) in [6, 6.07) is 15.0. The van der Waals surface area contributed by atoms with Crippen molar-refractivity contribution in [2.75, 3.05) is 31.5 Å². The van der Waals surface area contributed by atoms with Gasteiger partial charge >= 0.3 is 0 Å². The van der Waals surface area contributed by atoms with Gasteiger partial charge in [-0.3, -0.25) is 0 Å². The van der Waals surface area contributed by atoms with Gasteiger partial charge in [-0.15, -0.1) is 24.8 Å². The molecule has 0 spiro atoms. The number of hydrogen-bond acceptors (Lipinski definition) is 2. The van der Waals surface area contributed by atoms with Crippen LogP contribution in [0, 0.1) is 11.7 Å². The summed E-state index contributed by atoms with van der Waals surface area (Å²) < 4.78 is 13.8. The first-order valence-electron chi connectivity index (χ1n) is 9.16. The Kier molecular flexibility index (Phi) is 11.1. The zero-order valence-electron chi connectivity index (χ0n) is 15.4. The Bertz CT molecular complexity index is 676. The Morgan fingerprint density at radius 3 is 2.48 bits per heavy atom.